The summed E-state index contributed by atoms with van der Waals surface area (Å²) in [4.78, 5) is 10.1. The summed E-state index contributed by atoms with van der Waals surface area (Å²) < 4.78 is 0. The van der Waals surface area contributed by atoms with E-state index in [0.717, 1.165) is 12.8 Å². The minimum absolute atomic E-state index is 1.12. The monoisotopic (exact) mass is 299 g/mol. The van der Waals surface area contributed by atoms with Crippen molar-refractivity contribution in [1.82, 2.24) is 15.0 Å². The van der Waals surface area contributed by atoms with E-state index in [2.05, 4.69) is 76.2 Å². The molecule has 3 N–H and O–H groups in total. The predicted molar refractivity (Wildman–Crippen MR) is 95.3 cm³/mol. The average molecular weight is 299 g/mol. The van der Waals surface area contributed by atoms with Crippen molar-refractivity contribution in [2.45, 2.75) is 12.8 Å². The molecule has 0 fully saturated rings. The van der Waals surface area contributed by atoms with Gasteiger partial charge in [-0.1, -0.05) is 30.4 Å². The van der Waals surface area contributed by atoms with Crippen molar-refractivity contribution in [2.75, 3.05) is 0 Å². The van der Waals surface area contributed by atoms with Crippen LogP contribution in [0, 0.1) is 0 Å². The smallest absolute Gasteiger partial charge is 0.0460 e. The molecule has 4 aromatic rings. The number of para-hydroxylation sites is 1. The molecule has 0 spiro atoms. The van der Waals surface area contributed by atoms with Gasteiger partial charge in [0.05, 0.1) is 0 Å². The Hall–Kier alpha value is -2.94. The maximum absolute atomic E-state index is 3.42. The van der Waals surface area contributed by atoms with Gasteiger partial charge >= 0.3 is 0 Å². The summed E-state index contributed by atoms with van der Waals surface area (Å²) in [5.74, 6) is 0. The third kappa shape index (κ3) is 1.83. The van der Waals surface area contributed by atoms with Crippen molar-refractivity contribution in [3.63, 3.8) is 0 Å². The van der Waals surface area contributed by atoms with Crippen molar-refractivity contribution < 1.29 is 0 Å². The second kappa shape index (κ2) is 4.78. The molecule has 0 amide bonds. The van der Waals surface area contributed by atoms with Crippen LogP contribution in [-0.4, -0.2) is 15.0 Å². The zero-order valence-corrected chi connectivity index (χ0v) is 12.7. The van der Waals surface area contributed by atoms with Crippen LogP contribution < -0.4 is 10.6 Å². The van der Waals surface area contributed by atoms with E-state index in [0.29, 0.717) is 0 Å². The molecule has 0 atom stereocenters. The Morgan fingerprint density at radius 1 is 0.696 bits per heavy atom. The zero-order chi connectivity index (χ0) is 15.2. The summed E-state index contributed by atoms with van der Waals surface area (Å²) in [6, 6.07) is 8.44. The summed E-state index contributed by atoms with van der Waals surface area (Å²) in [5, 5.41) is 3.84. The highest BCUT2D eigenvalue weighted by molar-refractivity contribution is 5.99. The first-order valence-corrected chi connectivity index (χ1v) is 8.03. The largest absolute Gasteiger partial charge is 0.366 e. The quantitative estimate of drug-likeness (QED) is 0.507. The molecular formula is C20H17N3. The Bertz CT molecular complexity index is 1120. The van der Waals surface area contributed by atoms with Crippen LogP contribution in [-0.2, 0) is 0 Å². The number of benzene rings is 1. The van der Waals surface area contributed by atoms with Gasteiger partial charge in [0.1, 0.15) is 0 Å². The van der Waals surface area contributed by atoms with E-state index < -0.39 is 0 Å². The lowest BCUT2D eigenvalue weighted by Gasteiger charge is -2.03. The van der Waals surface area contributed by atoms with Gasteiger partial charge in [-0.3, -0.25) is 0 Å². The summed E-state index contributed by atoms with van der Waals surface area (Å²) in [6.07, 6.45) is 15.3. The molecule has 1 aromatic carbocycles. The molecule has 3 heteroatoms. The van der Waals surface area contributed by atoms with Crippen molar-refractivity contribution >= 4 is 23.1 Å². The lowest BCUT2D eigenvalue weighted by atomic mass is 9.98. The molecule has 3 nitrogen and oxygen atoms in total. The maximum atomic E-state index is 3.42. The fraction of sp³-hybridized carbons (Fsp3) is 0.100. The first-order valence-electron chi connectivity index (χ1n) is 8.03. The van der Waals surface area contributed by atoms with E-state index in [1.54, 1.807) is 0 Å². The summed E-state index contributed by atoms with van der Waals surface area (Å²) in [5.41, 5.74) is 6.18. The molecule has 1 aliphatic carbocycles. The summed E-state index contributed by atoms with van der Waals surface area (Å²) in [6.45, 7) is 0. The first kappa shape index (κ1) is 12.6. The van der Waals surface area contributed by atoms with Gasteiger partial charge in [-0.2, -0.15) is 0 Å². The van der Waals surface area contributed by atoms with E-state index in [4.69, 9.17) is 0 Å². The molecule has 0 bridgehead atoms. The van der Waals surface area contributed by atoms with Gasteiger partial charge in [-0.25, -0.2) is 0 Å². The normalized spacial score (nSPS) is 13.6. The topological polar surface area (TPSA) is 47.4 Å². The van der Waals surface area contributed by atoms with E-state index in [1.807, 2.05) is 0 Å². The van der Waals surface area contributed by atoms with Crippen molar-refractivity contribution in [1.29, 1.82) is 0 Å². The number of hydrogen-bond acceptors (Lipinski definition) is 0. The third-order valence-corrected chi connectivity index (χ3v) is 4.73. The molecule has 23 heavy (non-hydrogen) atoms. The Kier molecular flexibility index (Phi) is 2.62. The second-order valence-corrected chi connectivity index (χ2v) is 6.05. The molecule has 0 radical (unpaired) electrons. The highest BCUT2D eigenvalue weighted by Crippen LogP contribution is 2.34. The number of aromatic amines is 3. The molecule has 0 saturated carbocycles. The minimum atomic E-state index is 1.12. The van der Waals surface area contributed by atoms with Crippen LogP contribution in [0.15, 0.2) is 49.1 Å². The van der Waals surface area contributed by atoms with Gasteiger partial charge in [0.2, 0.25) is 0 Å². The molecule has 1 aliphatic rings. The minimum Gasteiger partial charge on any atom is -0.366 e. The maximum Gasteiger partial charge on any atom is 0.0460 e. The number of rotatable bonds is 2. The Labute approximate surface area is 133 Å². The standard InChI is InChI=1S/C20H17N3/c1-3-7-19-13(5-1)17(11-22-19)15-9-21-10-16(15)18-12-23-20-8-4-2-6-14(18)20/h1,3,5-12,21-23H,2,4H2. The Morgan fingerprint density at radius 2 is 1.48 bits per heavy atom. The van der Waals surface area contributed by atoms with Crippen LogP contribution in [0.25, 0.3) is 45.3 Å². The van der Waals surface area contributed by atoms with Crippen LogP contribution in [0.2, 0.25) is 0 Å². The number of nitrogens with one attached hydrogen (secondary N) is 3. The van der Waals surface area contributed by atoms with Crippen LogP contribution >= 0.6 is 0 Å². The number of H-pyrrole nitrogens is 3. The molecule has 0 unspecified atom stereocenters. The number of hydrogen-bond donors (Lipinski definition) is 3. The van der Waals surface area contributed by atoms with Gasteiger partial charge in [0.15, 0.2) is 0 Å². The van der Waals surface area contributed by atoms with Gasteiger partial charge in [-0.15, -0.1) is 0 Å². The second-order valence-electron chi connectivity index (χ2n) is 6.05. The third-order valence-electron chi connectivity index (χ3n) is 4.73. The van der Waals surface area contributed by atoms with E-state index in [-0.39, 0.29) is 0 Å². The Balaban J connectivity index is 1.77. The molecule has 0 aliphatic heterocycles. The zero-order valence-electron chi connectivity index (χ0n) is 12.7. The van der Waals surface area contributed by atoms with Gasteiger partial charge < -0.3 is 15.0 Å². The van der Waals surface area contributed by atoms with Gasteiger partial charge in [0, 0.05) is 68.5 Å². The van der Waals surface area contributed by atoms with Crippen molar-refractivity contribution in [2.24, 2.45) is 0 Å². The highest BCUT2D eigenvalue weighted by atomic mass is 14.7. The van der Waals surface area contributed by atoms with Crippen molar-refractivity contribution in [3.8, 4) is 22.3 Å². The highest BCUT2D eigenvalue weighted by Gasteiger charge is 2.14. The molecule has 112 valence electrons. The predicted octanol–water partition coefficient (Wildman–Crippen LogP) is 3.51. The fourth-order valence-electron chi connectivity index (χ4n) is 3.62. The van der Waals surface area contributed by atoms with E-state index in [1.165, 1.54) is 43.7 Å². The SMILES string of the molecule is C1=c2[nH]cc(-c3c[nH]cc3-c3c[nH]c4ccccc34)c2=CCC1. The lowest BCUT2D eigenvalue weighted by molar-refractivity contribution is 1.10. The first-order chi connectivity index (χ1) is 11.4. The van der Waals surface area contributed by atoms with Crippen LogP contribution in [0.4, 0.5) is 0 Å². The summed E-state index contributed by atoms with van der Waals surface area (Å²) >= 11 is 0. The lowest BCUT2D eigenvalue weighted by Crippen LogP contribution is -2.25. The fourth-order valence-corrected chi connectivity index (χ4v) is 3.62. The van der Waals surface area contributed by atoms with Gasteiger partial charge in [-0.05, 0) is 18.9 Å². The molecule has 0 saturated heterocycles. The molecule has 3 heterocycles. The van der Waals surface area contributed by atoms with Crippen molar-refractivity contribution in [3.05, 3.63) is 59.6 Å². The number of fused-ring (bicyclic) bond motifs is 2. The average Bonchev–Trinajstić information content (AvgIpc) is 3.31. The van der Waals surface area contributed by atoms with E-state index >= 15 is 0 Å². The molecule has 3 aromatic heterocycles. The molecular weight excluding hydrogens is 282 g/mol. The Morgan fingerprint density at radius 3 is 2.43 bits per heavy atom. The van der Waals surface area contributed by atoms with Crippen LogP contribution in [0.5, 0.6) is 0 Å². The van der Waals surface area contributed by atoms with E-state index in [9.17, 15) is 0 Å². The van der Waals surface area contributed by atoms with Gasteiger partial charge in [0.25, 0.3) is 0 Å². The molecule has 5 rings (SSSR count). The van der Waals surface area contributed by atoms with Crippen LogP contribution in [0.3, 0.4) is 0 Å². The summed E-state index contributed by atoms with van der Waals surface area (Å²) in [7, 11) is 0. The number of aromatic nitrogens is 3. The van der Waals surface area contributed by atoms with Crippen LogP contribution in [0.1, 0.15) is 12.8 Å².